The van der Waals surface area contributed by atoms with Crippen molar-refractivity contribution >= 4 is 29.7 Å². The monoisotopic (exact) mass is 756 g/mol. The summed E-state index contributed by atoms with van der Waals surface area (Å²) in [5, 5.41) is 6.50. The summed E-state index contributed by atoms with van der Waals surface area (Å²) in [5.74, 6) is 0.525. The highest BCUT2D eigenvalue weighted by Crippen LogP contribution is 2.33. The van der Waals surface area contributed by atoms with Gasteiger partial charge in [-0.25, -0.2) is 4.79 Å². The van der Waals surface area contributed by atoms with Crippen LogP contribution in [0.15, 0.2) is 60.7 Å². The highest BCUT2D eigenvalue weighted by molar-refractivity contribution is 5.85. The van der Waals surface area contributed by atoms with Crippen LogP contribution in [0.1, 0.15) is 69.8 Å². The Bertz CT molecular complexity index is 1640. The fraction of sp³-hybridized carbons (Fsp3) is 0.595. The van der Waals surface area contributed by atoms with E-state index in [4.69, 9.17) is 9.47 Å². The third-order valence-corrected chi connectivity index (χ3v) is 12.6. The van der Waals surface area contributed by atoms with Crippen LogP contribution in [0, 0.1) is 11.8 Å². The van der Waals surface area contributed by atoms with Gasteiger partial charge in [-0.15, -0.1) is 0 Å². The highest BCUT2D eigenvalue weighted by Gasteiger charge is 2.44. The molecule has 0 aromatic heterocycles. The molecule has 3 atom stereocenters. The van der Waals surface area contributed by atoms with Gasteiger partial charge in [0.2, 0.25) is 17.7 Å². The Morgan fingerprint density at radius 2 is 1.51 bits per heavy atom. The molecular weight excluding hydrogens is 700 g/mol. The van der Waals surface area contributed by atoms with E-state index >= 15 is 0 Å². The van der Waals surface area contributed by atoms with Gasteiger partial charge in [0.15, 0.2) is 6.61 Å². The van der Waals surface area contributed by atoms with Gasteiger partial charge < -0.3 is 34.8 Å². The molecule has 296 valence electrons. The smallest absolute Gasteiger partial charge is 0.410 e. The molecule has 2 aromatic rings. The number of rotatable bonds is 5. The minimum atomic E-state index is -0.791. The maximum atomic E-state index is 14.1. The first-order valence-electron chi connectivity index (χ1n) is 20.3. The molecule has 0 aliphatic carbocycles. The van der Waals surface area contributed by atoms with E-state index in [9.17, 15) is 24.0 Å². The summed E-state index contributed by atoms with van der Waals surface area (Å²) in [5.41, 5.74) is 0.128. The number of piperidine rings is 3. The van der Waals surface area contributed by atoms with Gasteiger partial charge >= 0.3 is 6.09 Å². The molecule has 0 saturated carbocycles. The molecule has 2 aromatic carbocycles. The minimum Gasteiger partial charge on any atom is -0.484 e. The van der Waals surface area contributed by atoms with Crippen LogP contribution in [0.2, 0.25) is 0 Å². The molecule has 6 aliphatic heterocycles. The average Bonchev–Trinajstić information content (AvgIpc) is 3.71. The van der Waals surface area contributed by atoms with E-state index in [-0.39, 0.29) is 73.3 Å². The van der Waals surface area contributed by atoms with E-state index in [0.29, 0.717) is 83.7 Å². The number of carbonyl (C=O) groups is 5. The standard InChI is InChI=1S/C42H56N6O7/c49-37-27-42(17-24-46(25-18-42)39(51)30-54-35-10-5-2-6-11-35)44-40(52)36-12-7-20-48(36)34-15-22-45(23-16-34)38(50)26-32-14-21-47(28-33(32)13-19-43-37)41(53)55-29-31-8-3-1-4-9-31/h1-6,8-11,32-34,36H,7,12-30H2,(H,43,49)(H,44,52)/t32-,33-,36-/m0/s1. The summed E-state index contributed by atoms with van der Waals surface area (Å²) < 4.78 is 11.4. The lowest BCUT2D eigenvalue weighted by molar-refractivity contribution is -0.138. The van der Waals surface area contributed by atoms with Crippen molar-refractivity contribution in [2.45, 2.75) is 88.4 Å². The summed E-state index contributed by atoms with van der Waals surface area (Å²) in [6.45, 7) is 4.47. The Hall–Kier alpha value is -4.65. The molecule has 1 spiro atoms. The molecule has 0 unspecified atom stereocenters. The zero-order valence-corrected chi connectivity index (χ0v) is 31.9. The lowest BCUT2D eigenvalue weighted by Crippen LogP contribution is -2.61. The molecule has 6 heterocycles. The Morgan fingerprint density at radius 3 is 2.25 bits per heavy atom. The van der Waals surface area contributed by atoms with Crippen molar-refractivity contribution in [3.8, 4) is 5.75 Å². The summed E-state index contributed by atoms with van der Waals surface area (Å²) in [6.07, 6.45) is 5.70. The van der Waals surface area contributed by atoms with Crippen LogP contribution in [0.4, 0.5) is 4.79 Å². The lowest BCUT2D eigenvalue weighted by Gasteiger charge is -2.44. The Labute approximate surface area is 324 Å². The number of para-hydroxylation sites is 1. The number of nitrogens with one attached hydrogen (secondary N) is 2. The van der Waals surface area contributed by atoms with E-state index in [1.807, 2.05) is 65.6 Å². The van der Waals surface area contributed by atoms with E-state index in [2.05, 4.69) is 15.5 Å². The number of hydrogen-bond donors (Lipinski definition) is 2. The van der Waals surface area contributed by atoms with Crippen LogP contribution in [-0.4, -0.2) is 126 Å². The summed E-state index contributed by atoms with van der Waals surface area (Å²) in [6, 6.07) is 18.8. The molecule has 13 nitrogen and oxygen atoms in total. The second-order valence-corrected chi connectivity index (χ2v) is 16.1. The molecule has 2 N–H and O–H groups in total. The third kappa shape index (κ3) is 9.78. The number of ether oxygens (including phenoxy) is 2. The number of likely N-dealkylation sites (tertiary alicyclic amines) is 2. The molecule has 6 fully saturated rings. The molecular formula is C42H56N6O7. The molecule has 6 saturated heterocycles. The van der Waals surface area contributed by atoms with Crippen LogP contribution >= 0.6 is 0 Å². The maximum Gasteiger partial charge on any atom is 0.410 e. The fourth-order valence-electron chi connectivity index (χ4n) is 9.36. The van der Waals surface area contributed by atoms with Crippen molar-refractivity contribution < 1.29 is 33.4 Å². The summed E-state index contributed by atoms with van der Waals surface area (Å²) in [7, 11) is 0. The summed E-state index contributed by atoms with van der Waals surface area (Å²) >= 11 is 0. The Balaban J connectivity index is 1.03. The topological polar surface area (TPSA) is 141 Å². The minimum absolute atomic E-state index is 0.00470. The zero-order chi connectivity index (χ0) is 38.2. The number of benzene rings is 2. The fourth-order valence-corrected chi connectivity index (χ4v) is 9.36. The number of carbonyl (C=O) groups excluding carboxylic acids is 5. The van der Waals surface area contributed by atoms with Crippen LogP contribution in [0.25, 0.3) is 0 Å². The van der Waals surface area contributed by atoms with Gasteiger partial charge in [-0.05, 0) is 87.4 Å². The predicted molar refractivity (Wildman–Crippen MR) is 205 cm³/mol. The normalized spacial score (nSPS) is 25.6. The van der Waals surface area contributed by atoms with Gasteiger partial charge in [0, 0.05) is 64.7 Å². The predicted octanol–water partition coefficient (Wildman–Crippen LogP) is 3.57. The van der Waals surface area contributed by atoms with Crippen molar-refractivity contribution in [3.05, 3.63) is 66.2 Å². The number of nitrogens with zero attached hydrogens (tertiary/aromatic N) is 4. The molecule has 2 bridgehead atoms. The van der Waals surface area contributed by atoms with Gasteiger partial charge in [0.25, 0.3) is 5.91 Å². The highest BCUT2D eigenvalue weighted by atomic mass is 16.6. The average molecular weight is 757 g/mol. The molecule has 55 heavy (non-hydrogen) atoms. The molecule has 8 rings (SSSR count). The Kier molecular flexibility index (Phi) is 12.5. The van der Waals surface area contributed by atoms with Gasteiger partial charge in [-0.3, -0.25) is 24.1 Å². The second kappa shape index (κ2) is 17.9. The van der Waals surface area contributed by atoms with E-state index in [0.717, 1.165) is 37.8 Å². The van der Waals surface area contributed by atoms with Crippen molar-refractivity contribution in [3.63, 3.8) is 0 Å². The van der Waals surface area contributed by atoms with Crippen LogP contribution in [0.3, 0.4) is 0 Å². The van der Waals surface area contributed by atoms with Gasteiger partial charge in [0.1, 0.15) is 12.4 Å². The summed E-state index contributed by atoms with van der Waals surface area (Å²) in [4.78, 5) is 75.8. The third-order valence-electron chi connectivity index (χ3n) is 12.6. The van der Waals surface area contributed by atoms with Gasteiger partial charge in [0.05, 0.1) is 11.6 Å². The van der Waals surface area contributed by atoms with E-state index in [1.165, 1.54) is 0 Å². The van der Waals surface area contributed by atoms with Crippen molar-refractivity contribution in [1.29, 1.82) is 0 Å². The van der Waals surface area contributed by atoms with Crippen molar-refractivity contribution in [2.75, 3.05) is 59.0 Å². The van der Waals surface area contributed by atoms with Crippen LogP contribution in [0.5, 0.6) is 5.75 Å². The number of fused-ring (bicyclic) bond motifs is 8. The van der Waals surface area contributed by atoms with E-state index in [1.54, 1.807) is 9.80 Å². The first-order valence-corrected chi connectivity index (χ1v) is 20.3. The quantitative estimate of drug-likeness (QED) is 0.472. The SMILES string of the molecule is O=C1CC2(CCN(C(=O)COc3ccccc3)CC2)NC(=O)[C@@H]2CCCN2C2CCN(CC2)C(=O)C[C@@H]2CCN(C(=O)OCc3ccccc3)C[C@@H]2CCN1. The Morgan fingerprint density at radius 1 is 0.782 bits per heavy atom. The molecule has 5 amide bonds. The molecule has 6 aliphatic rings. The number of hydrogen-bond acceptors (Lipinski definition) is 8. The van der Waals surface area contributed by atoms with Crippen molar-refractivity contribution in [2.24, 2.45) is 11.8 Å². The van der Waals surface area contributed by atoms with Crippen LogP contribution < -0.4 is 15.4 Å². The first-order chi connectivity index (χ1) is 26.7. The molecule has 0 radical (unpaired) electrons. The zero-order valence-electron chi connectivity index (χ0n) is 31.9. The molecule has 13 heteroatoms. The maximum absolute atomic E-state index is 14.1. The first kappa shape index (κ1) is 38.6. The lowest BCUT2D eigenvalue weighted by atomic mass is 9.80. The van der Waals surface area contributed by atoms with Gasteiger partial charge in [-0.2, -0.15) is 0 Å². The second-order valence-electron chi connectivity index (χ2n) is 16.1. The number of amides is 5. The van der Waals surface area contributed by atoms with Crippen molar-refractivity contribution in [1.82, 2.24) is 30.2 Å². The van der Waals surface area contributed by atoms with Crippen LogP contribution in [-0.2, 0) is 30.5 Å². The van der Waals surface area contributed by atoms with E-state index < -0.39 is 5.54 Å². The van der Waals surface area contributed by atoms with Gasteiger partial charge in [-0.1, -0.05) is 48.5 Å². The largest absolute Gasteiger partial charge is 0.484 e.